The van der Waals surface area contributed by atoms with E-state index in [9.17, 15) is 9.18 Å². The molecule has 4 nitrogen and oxygen atoms in total. The summed E-state index contributed by atoms with van der Waals surface area (Å²) in [5, 5.41) is 8.59. The summed E-state index contributed by atoms with van der Waals surface area (Å²) in [5.41, 5.74) is 5.54. The summed E-state index contributed by atoms with van der Waals surface area (Å²) in [6, 6.07) is 3.74. The van der Waals surface area contributed by atoms with Crippen LogP contribution in [0.2, 0.25) is 0 Å². The zero-order valence-electron chi connectivity index (χ0n) is 6.99. The highest BCUT2D eigenvalue weighted by molar-refractivity contribution is 5.85. The van der Waals surface area contributed by atoms with Gasteiger partial charge in [0, 0.05) is 12.7 Å². The van der Waals surface area contributed by atoms with Gasteiger partial charge in [0.2, 0.25) is 0 Å². The number of carbonyl (C=O) groups is 1. The number of anilines is 2. The molecule has 13 heavy (non-hydrogen) atoms. The summed E-state index contributed by atoms with van der Waals surface area (Å²) in [4.78, 5) is 11.4. The second-order valence-corrected chi connectivity index (χ2v) is 2.55. The Bertz CT molecular complexity index is 341. The zero-order chi connectivity index (χ0) is 10.0. The molecule has 0 heterocycles. The third kappa shape index (κ3) is 1.87. The molecule has 0 unspecified atom stereocenters. The van der Waals surface area contributed by atoms with Gasteiger partial charge in [-0.3, -0.25) is 4.90 Å². The Kier molecular flexibility index (Phi) is 2.36. The largest absolute Gasteiger partial charge is 0.465 e. The Morgan fingerprint density at radius 3 is 2.69 bits per heavy atom. The molecule has 3 N–H and O–H groups in total. The molecule has 0 fully saturated rings. The molecular formula is C8H9FN2O2. The molecule has 70 valence electrons. The molecule has 5 heteroatoms. The Labute approximate surface area is 74.4 Å². The molecule has 0 saturated carbocycles. The van der Waals surface area contributed by atoms with Crippen molar-refractivity contribution in [3.63, 3.8) is 0 Å². The molecule has 1 rings (SSSR count). The lowest BCUT2D eigenvalue weighted by Gasteiger charge is -2.13. The van der Waals surface area contributed by atoms with Gasteiger partial charge in [-0.1, -0.05) is 0 Å². The third-order valence-electron chi connectivity index (χ3n) is 1.65. The van der Waals surface area contributed by atoms with Gasteiger partial charge in [-0.25, -0.2) is 9.18 Å². The number of carboxylic acid groups (broad SMARTS) is 1. The molecule has 0 aliphatic rings. The van der Waals surface area contributed by atoms with E-state index < -0.39 is 11.9 Å². The van der Waals surface area contributed by atoms with Gasteiger partial charge in [0.15, 0.2) is 0 Å². The number of benzene rings is 1. The van der Waals surface area contributed by atoms with Crippen LogP contribution in [0.4, 0.5) is 20.6 Å². The first-order valence-electron chi connectivity index (χ1n) is 3.54. The van der Waals surface area contributed by atoms with Crippen molar-refractivity contribution < 1.29 is 14.3 Å². The fraction of sp³-hybridized carbons (Fsp3) is 0.125. The van der Waals surface area contributed by atoms with Crippen LogP contribution in [0.5, 0.6) is 0 Å². The van der Waals surface area contributed by atoms with E-state index >= 15 is 0 Å². The number of nitrogen functional groups attached to an aromatic ring is 1. The van der Waals surface area contributed by atoms with Crippen LogP contribution < -0.4 is 10.6 Å². The Balaban J connectivity index is 3.03. The van der Waals surface area contributed by atoms with Gasteiger partial charge in [-0.05, 0) is 18.2 Å². The van der Waals surface area contributed by atoms with Crippen LogP contribution >= 0.6 is 0 Å². The van der Waals surface area contributed by atoms with Gasteiger partial charge in [0.25, 0.3) is 0 Å². The number of hydrogen-bond acceptors (Lipinski definition) is 2. The lowest BCUT2D eigenvalue weighted by molar-refractivity contribution is 0.203. The number of rotatable bonds is 1. The second kappa shape index (κ2) is 3.30. The molecule has 0 bridgehead atoms. The van der Waals surface area contributed by atoms with Crippen LogP contribution in [-0.4, -0.2) is 18.2 Å². The molecule has 0 aliphatic heterocycles. The monoisotopic (exact) mass is 184 g/mol. The average Bonchev–Trinajstić information content (AvgIpc) is 2.08. The van der Waals surface area contributed by atoms with E-state index in [4.69, 9.17) is 10.8 Å². The van der Waals surface area contributed by atoms with Crippen LogP contribution in [-0.2, 0) is 0 Å². The van der Waals surface area contributed by atoms with Crippen molar-refractivity contribution in [3.8, 4) is 0 Å². The fourth-order valence-corrected chi connectivity index (χ4v) is 0.850. The minimum absolute atomic E-state index is 0.0643. The minimum atomic E-state index is -1.12. The number of halogens is 1. The first kappa shape index (κ1) is 9.31. The van der Waals surface area contributed by atoms with Crippen LogP contribution in [0.1, 0.15) is 0 Å². The highest BCUT2D eigenvalue weighted by Crippen LogP contribution is 2.19. The van der Waals surface area contributed by atoms with E-state index in [1.54, 1.807) is 0 Å². The molecule has 0 radical (unpaired) electrons. The SMILES string of the molecule is CN(C(=O)O)c1ccc(F)c(N)c1. The average molecular weight is 184 g/mol. The Morgan fingerprint density at radius 1 is 1.62 bits per heavy atom. The van der Waals surface area contributed by atoms with E-state index in [1.807, 2.05) is 0 Å². The summed E-state index contributed by atoms with van der Waals surface area (Å²) in [7, 11) is 1.36. The maximum atomic E-state index is 12.7. The summed E-state index contributed by atoms with van der Waals surface area (Å²) >= 11 is 0. The van der Waals surface area contributed by atoms with Crippen molar-refractivity contribution in [1.82, 2.24) is 0 Å². The Hall–Kier alpha value is -1.78. The number of nitrogens with two attached hydrogens (primary N) is 1. The van der Waals surface area contributed by atoms with Crippen LogP contribution in [0.15, 0.2) is 18.2 Å². The lowest BCUT2D eigenvalue weighted by atomic mass is 10.2. The van der Waals surface area contributed by atoms with Crippen molar-refractivity contribution in [3.05, 3.63) is 24.0 Å². The molecular weight excluding hydrogens is 175 g/mol. The number of nitrogens with zero attached hydrogens (tertiary/aromatic N) is 1. The molecule has 1 aromatic carbocycles. The zero-order valence-corrected chi connectivity index (χ0v) is 6.99. The fourth-order valence-electron chi connectivity index (χ4n) is 0.850. The van der Waals surface area contributed by atoms with Crippen LogP contribution in [0.25, 0.3) is 0 Å². The normalized spacial score (nSPS) is 9.69. The first-order chi connectivity index (χ1) is 6.02. The van der Waals surface area contributed by atoms with Crippen LogP contribution in [0.3, 0.4) is 0 Å². The molecule has 0 aromatic heterocycles. The van der Waals surface area contributed by atoms with Crippen molar-refractivity contribution in [2.24, 2.45) is 0 Å². The van der Waals surface area contributed by atoms with Crippen molar-refractivity contribution in [2.75, 3.05) is 17.7 Å². The van der Waals surface area contributed by atoms with E-state index in [0.29, 0.717) is 5.69 Å². The van der Waals surface area contributed by atoms with E-state index in [0.717, 1.165) is 11.0 Å². The molecule has 0 aliphatic carbocycles. The highest BCUT2D eigenvalue weighted by atomic mass is 19.1. The summed E-state index contributed by atoms with van der Waals surface area (Å²) < 4.78 is 12.7. The van der Waals surface area contributed by atoms with Crippen molar-refractivity contribution in [2.45, 2.75) is 0 Å². The number of hydrogen-bond donors (Lipinski definition) is 2. The van der Waals surface area contributed by atoms with E-state index in [-0.39, 0.29) is 5.69 Å². The predicted octanol–water partition coefficient (Wildman–Crippen LogP) is 1.52. The lowest BCUT2D eigenvalue weighted by Crippen LogP contribution is -2.23. The first-order valence-corrected chi connectivity index (χ1v) is 3.54. The summed E-state index contributed by atoms with van der Waals surface area (Å²) in [5.74, 6) is -0.553. The summed E-state index contributed by atoms with van der Waals surface area (Å²) in [6.07, 6.45) is -1.12. The minimum Gasteiger partial charge on any atom is -0.465 e. The molecule has 0 saturated heterocycles. The third-order valence-corrected chi connectivity index (χ3v) is 1.65. The van der Waals surface area contributed by atoms with E-state index in [2.05, 4.69) is 0 Å². The van der Waals surface area contributed by atoms with Gasteiger partial charge >= 0.3 is 6.09 Å². The highest BCUT2D eigenvalue weighted by Gasteiger charge is 2.09. The quantitative estimate of drug-likeness (QED) is 0.650. The molecule has 0 spiro atoms. The van der Waals surface area contributed by atoms with Crippen molar-refractivity contribution in [1.29, 1.82) is 0 Å². The maximum absolute atomic E-state index is 12.7. The smallest absolute Gasteiger partial charge is 0.411 e. The Morgan fingerprint density at radius 2 is 2.23 bits per heavy atom. The standard InChI is InChI=1S/C8H9FN2O2/c1-11(8(12)13)5-2-3-6(9)7(10)4-5/h2-4H,10H2,1H3,(H,12,13). The molecule has 1 amide bonds. The van der Waals surface area contributed by atoms with Gasteiger partial charge in [0.05, 0.1) is 5.69 Å². The van der Waals surface area contributed by atoms with E-state index in [1.165, 1.54) is 19.2 Å². The predicted molar refractivity (Wildman–Crippen MR) is 47.2 cm³/mol. The summed E-state index contributed by atoms with van der Waals surface area (Å²) in [6.45, 7) is 0. The van der Waals surface area contributed by atoms with Crippen molar-refractivity contribution >= 4 is 17.5 Å². The van der Waals surface area contributed by atoms with Crippen LogP contribution in [0, 0.1) is 5.82 Å². The molecule has 1 aromatic rings. The molecule has 0 atom stereocenters. The van der Waals surface area contributed by atoms with Gasteiger partial charge in [-0.2, -0.15) is 0 Å². The van der Waals surface area contributed by atoms with Gasteiger partial charge in [-0.15, -0.1) is 0 Å². The second-order valence-electron chi connectivity index (χ2n) is 2.55. The van der Waals surface area contributed by atoms with Gasteiger partial charge < -0.3 is 10.8 Å². The maximum Gasteiger partial charge on any atom is 0.411 e. The number of amides is 1. The van der Waals surface area contributed by atoms with Gasteiger partial charge in [0.1, 0.15) is 5.82 Å². The topological polar surface area (TPSA) is 66.6 Å².